The van der Waals surface area contributed by atoms with Gasteiger partial charge in [0.05, 0.1) is 0 Å². The fourth-order valence-electron chi connectivity index (χ4n) is 1.55. The predicted octanol–water partition coefficient (Wildman–Crippen LogP) is 1.33. The molecule has 0 bridgehead atoms. The highest BCUT2D eigenvalue weighted by Gasteiger charge is 2.06. The summed E-state index contributed by atoms with van der Waals surface area (Å²) in [6.45, 7) is 3.25. The maximum atomic E-state index is 5.54. The molecule has 2 rings (SSSR count). The molecule has 0 aliphatic rings. The van der Waals surface area contributed by atoms with Gasteiger partial charge in [-0.05, 0) is 18.1 Å². The number of hydrogen-bond acceptors (Lipinski definition) is 4. The molecule has 5 nitrogen and oxygen atoms in total. The Morgan fingerprint density at radius 2 is 2.38 bits per heavy atom. The van der Waals surface area contributed by atoms with Gasteiger partial charge >= 0.3 is 0 Å². The predicted molar refractivity (Wildman–Crippen MR) is 59.7 cm³/mol. The first-order chi connectivity index (χ1) is 7.81. The van der Waals surface area contributed by atoms with Crippen molar-refractivity contribution >= 4 is 0 Å². The minimum absolute atomic E-state index is 0.553. The second-order valence-corrected chi connectivity index (χ2v) is 3.75. The lowest BCUT2D eigenvalue weighted by Gasteiger charge is -1.95. The fourth-order valence-corrected chi connectivity index (χ4v) is 1.55. The molecular formula is C11H16N4O. The lowest BCUT2D eigenvalue weighted by atomic mass is 10.3. The summed E-state index contributed by atoms with van der Waals surface area (Å²) >= 11 is 0. The van der Waals surface area contributed by atoms with Gasteiger partial charge in [0.15, 0.2) is 5.82 Å². The van der Waals surface area contributed by atoms with E-state index in [4.69, 9.17) is 10.3 Å². The Morgan fingerprint density at radius 3 is 3.06 bits per heavy atom. The van der Waals surface area contributed by atoms with Gasteiger partial charge in [-0.2, -0.15) is 4.98 Å². The molecule has 0 radical (unpaired) electrons. The molecule has 0 aliphatic heterocycles. The summed E-state index contributed by atoms with van der Waals surface area (Å²) in [5.41, 5.74) is 6.64. The van der Waals surface area contributed by atoms with Crippen LogP contribution < -0.4 is 5.73 Å². The molecule has 86 valence electrons. The highest BCUT2D eigenvalue weighted by atomic mass is 16.5. The first-order valence-electron chi connectivity index (χ1n) is 5.48. The van der Waals surface area contributed by atoms with Crippen molar-refractivity contribution in [1.82, 2.24) is 14.7 Å². The van der Waals surface area contributed by atoms with Crippen molar-refractivity contribution in [3.8, 4) is 0 Å². The number of aromatic nitrogens is 3. The summed E-state index contributed by atoms with van der Waals surface area (Å²) in [6.07, 6.45) is 5.85. The van der Waals surface area contributed by atoms with Crippen LogP contribution in [0.1, 0.15) is 30.6 Å². The summed E-state index contributed by atoms with van der Waals surface area (Å²) < 4.78 is 7.14. The molecule has 2 N–H and O–H groups in total. The maximum Gasteiger partial charge on any atom is 0.246 e. The number of hydrogen-bond donors (Lipinski definition) is 1. The third-order valence-corrected chi connectivity index (χ3v) is 2.35. The molecule has 0 saturated carbocycles. The Morgan fingerprint density at radius 1 is 1.50 bits per heavy atom. The summed E-state index contributed by atoms with van der Waals surface area (Å²) in [6, 6.07) is 1.99. The second-order valence-electron chi connectivity index (χ2n) is 3.75. The Kier molecular flexibility index (Phi) is 3.36. The summed E-state index contributed by atoms with van der Waals surface area (Å²) in [5, 5.41) is 3.90. The zero-order valence-corrected chi connectivity index (χ0v) is 9.39. The van der Waals surface area contributed by atoms with Crippen LogP contribution >= 0.6 is 0 Å². The van der Waals surface area contributed by atoms with Crippen LogP contribution in [0, 0.1) is 0 Å². The molecule has 2 aromatic heterocycles. The Hall–Kier alpha value is -1.62. The SMILES string of the molecule is CCCc1noc(Cn2ccc(CN)c2)n1. The largest absolute Gasteiger partial charge is 0.345 e. The van der Waals surface area contributed by atoms with E-state index in [1.807, 2.05) is 23.0 Å². The summed E-state index contributed by atoms with van der Waals surface area (Å²) in [5.74, 6) is 1.42. The molecule has 0 aliphatic carbocycles. The molecule has 5 heteroatoms. The molecule has 2 aromatic rings. The van der Waals surface area contributed by atoms with Crippen molar-refractivity contribution < 1.29 is 4.52 Å². The van der Waals surface area contributed by atoms with Crippen LogP contribution in [0.2, 0.25) is 0 Å². The average Bonchev–Trinajstić information content (AvgIpc) is 2.89. The molecule has 0 amide bonds. The minimum Gasteiger partial charge on any atom is -0.345 e. The second kappa shape index (κ2) is 4.94. The van der Waals surface area contributed by atoms with Crippen molar-refractivity contribution in [1.29, 1.82) is 0 Å². The Bertz CT molecular complexity index is 446. The third kappa shape index (κ3) is 2.49. The van der Waals surface area contributed by atoms with E-state index in [2.05, 4.69) is 17.1 Å². The average molecular weight is 220 g/mol. The molecule has 16 heavy (non-hydrogen) atoms. The van der Waals surface area contributed by atoms with E-state index in [9.17, 15) is 0 Å². The van der Waals surface area contributed by atoms with Crippen molar-refractivity contribution in [3.63, 3.8) is 0 Å². The minimum atomic E-state index is 0.553. The first kappa shape index (κ1) is 10.9. The van der Waals surface area contributed by atoms with Crippen LogP contribution in [0.3, 0.4) is 0 Å². The number of nitrogens with zero attached hydrogens (tertiary/aromatic N) is 3. The van der Waals surface area contributed by atoms with Crippen LogP contribution in [-0.2, 0) is 19.5 Å². The van der Waals surface area contributed by atoms with E-state index in [1.54, 1.807) is 0 Å². The van der Waals surface area contributed by atoms with Crippen LogP contribution in [0.25, 0.3) is 0 Å². The van der Waals surface area contributed by atoms with Gasteiger partial charge in [0.2, 0.25) is 5.89 Å². The molecule has 0 spiro atoms. The molecule has 0 atom stereocenters. The molecule has 0 aromatic carbocycles. The van der Waals surface area contributed by atoms with E-state index in [0.29, 0.717) is 19.0 Å². The lowest BCUT2D eigenvalue weighted by Crippen LogP contribution is -1.98. The third-order valence-electron chi connectivity index (χ3n) is 2.35. The fraction of sp³-hybridized carbons (Fsp3) is 0.455. The standard InChI is InChI=1S/C11H16N4O/c1-2-3-10-13-11(16-14-10)8-15-5-4-9(6-12)7-15/h4-5,7H,2-3,6,8,12H2,1H3. The summed E-state index contributed by atoms with van der Waals surface area (Å²) in [7, 11) is 0. The van der Waals surface area contributed by atoms with E-state index in [0.717, 1.165) is 24.2 Å². The van der Waals surface area contributed by atoms with Crippen LogP contribution in [-0.4, -0.2) is 14.7 Å². The quantitative estimate of drug-likeness (QED) is 0.825. The van der Waals surface area contributed by atoms with Crippen LogP contribution in [0.5, 0.6) is 0 Å². The summed E-state index contributed by atoms with van der Waals surface area (Å²) in [4.78, 5) is 4.30. The molecule has 0 saturated heterocycles. The molecule has 0 fully saturated rings. The van der Waals surface area contributed by atoms with Crippen molar-refractivity contribution in [2.75, 3.05) is 0 Å². The van der Waals surface area contributed by atoms with Gasteiger partial charge in [-0.25, -0.2) is 0 Å². The Balaban J connectivity index is 2.02. The van der Waals surface area contributed by atoms with Crippen molar-refractivity contribution in [3.05, 3.63) is 35.7 Å². The van der Waals surface area contributed by atoms with E-state index in [1.165, 1.54) is 0 Å². The van der Waals surface area contributed by atoms with E-state index >= 15 is 0 Å². The zero-order chi connectivity index (χ0) is 11.4. The van der Waals surface area contributed by atoms with Crippen molar-refractivity contribution in [2.24, 2.45) is 5.73 Å². The van der Waals surface area contributed by atoms with Gasteiger partial charge in [-0.3, -0.25) is 0 Å². The number of aryl methyl sites for hydroxylation is 1. The van der Waals surface area contributed by atoms with Gasteiger partial charge in [0, 0.05) is 25.4 Å². The normalized spacial score (nSPS) is 10.9. The first-order valence-corrected chi connectivity index (χ1v) is 5.48. The molecule has 2 heterocycles. The topological polar surface area (TPSA) is 69.9 Å². The van der Waals surface area contributed by atoms with Gasteiger partial charge < -0.3 is 14.8 Å². The van der Waals surface area contributed by atoms with Gasteiger partial charge in [0.25, 0.3) is 0 Å². The van der Waals surface area contributed by atoms with E-state index < -0.39 is 0 Å². The van der Waals surface area contributed by atoms with Crippen molar-refractivity contribution in [2.45, 2.75) is 32.9 Å². The Labute approximate surface area is 94.3 Å². The smallest absolute Gasteiger partial charge is 0.246 e. The maximum absolute atomic E-state index is 5.54. The highest BCUT2D eigenvalue weighted by Crippen LogP contribution is 2.05. The van der Waals surface area contributed by atoms with E-state index in [-0.39, 0.29) is 0 Å². The molecule has 0 unspecified atom stereocenters. The van der Waals surface area contributed by atoms with Crippen LogP contribution in [0.15, 0.2) is 23.0 Å². The number of rotatable bonds is 5. The van der Waals surface area contributed by atoms with Gasteiger partial charge in [-0.15, -0.1) is 0 Å². The highest BCUT2D eigenvalue weighted by molar-refractivity contribution is 5.10. The van der Waals surface area contributed by atoms with Gasteiger partial charge in [0.1, 0.15) is 6.54 Å². The monoisotopic (exact) mass is 220 g/mol. The molecular weight excluding hydrogens is 204 g/mol. The zero-order valence-electron chi connectivity index (χ0n) is 9.39. The van der Waals surface area contributed by atoms with Crippen LogP contribution in [0.4, 0.5) is 0 Å². The number of nitrogens with two attached hydrogens (primary N) is 1. The van der Waals surface area contributed by atoms with Gasteiger partial charge in [-0.1, -0.05) is 12.1 Å². The lowest BCUT2D eigenvalue weighted by molar-refractivity contribution is 0.366.